The highest BCUT2D eigenvalue weighted by Gasteiger charge is 2.27. The van der Waals surface area contributed by atoms with Gasteiger partial charge in [-0.05, 0) is 36.9 Å². The van der Waals surface area contributed by atoms with Crippen LogP contribution in [0.15, 0.2) is 24.3 Å². The minimum absolute atomic E-state index is 0.631. The molecule has 3 nitrogen and oxygen atoms in total. The Hall–Kier alpha value is -0.900. The van der Waals surface area contributed by atoms with Crippen molar-refractivity contribution in [3.8, 4) is 0 Å². The van der Waals surface area contributed by atoms with Crippen molar-refractivity contribution in [1.29, 1.82) is 0 Å². The van der Waals surface area contributed by atoms with Gasteiger partial charge in [0.25, 0.3) is 0 Å². The Morgan fingerprint density at radius 2 is 1.64 bits per heavy atom. The summed E-state index contributed by atoms with van der Waals surface area (Å²) in [5, 5.41) is 3.86. The number of nitrogens with zero attached hydrogens (tertiary/aromatic N) is 2. The zero-order valence-corrected chi connectivity index (χ0v) is 14.4. The van der Waals surface area contributed by atoms with Gasteiger partial charge in [-0.15, -0.1) is 0 Å². The van der Waals surface area contributed by atoms with Gasteiger partial charge in [0, 0.05) is 44.8 Å². The van der Waals surface area contributed by atoms with Gasteiger partial charge in [-0.25, -0.2) is 0 Å². The average molecular weight is 301 g/mol. The van der Waals surface area contributed by atoms with E-state index in [1.807, 2.05) is 0 Å². The normalized spacial score (nSPS) is 22.2. The standard InChI is InChI=1S/C19H31N3/c1-15(2)19(22-10-8-21(3)9-11-22)14-20-18-12-16-6-4-5-7-17(16)13-18/h4-7,15,18-20H,8-14H2,1-3H3. The van der Waals surface area contributed by atoms with E-state index in [4.69, 9.17) is 0 Å². The van der Waals surface area contributed by atoms with Crippen LogP contribution in [0.5, 0.6) is 0 Å². The minimum atomic E-state index is 0.631. The Kier molecular flexibility index (Phi) is 5.17. The fraction of sp³-hybridized carbons (Fsp3) is 0.684. The predicted octanol–water partition coefficient (Wildman–Crippen LogP) is 2.02. The molecule has 22 heavy (non-hydrogen) atoms. The Morgan fingerprint density at radius 1 is 1.05 bits per heavy atom. The van der Waals surface area contributed by atoms with Crippen molar-refractivity contribution in [2.24, 2.45) is 5.92 Å². The molecule has 1 aromatic rings. The number of hydrogen-bond acceptors (Lipinski definition) is 3. The van der Waals surface area contributed by atoms with E-state index < -0.39 is 0 Å². The van der Waals surface area contributed by atoms with Crippen molar-refractivity contribution in [3.05, 3.63) is 35.4 Å². The molecule has 2 aliphatic rings. The molecule has 1 N–H and O–H groups in total. The van der Waals surface area contributed by atoms with E-state index in [-0.39, 0.29) is 0 Å². The molecule has 1 fully saturated rings. The number of fused-ring (bicyclic) bond motifs is 1. The first-order valence-electron chi connectivity index (χ1n) is 8.86. The number of hydrogen-bond donors (Lipinski definition) is 1. The molecule has 1 heterocycles. The molecule has 0 saturated carbocycles. The first-order valence-corrected chi connectivity index (χ1v) is 8.86. The highest BCUT2D eigenvalue weighted by Crippen LogP contribution is 2.22. The van der Waals surface area contributed by atoms with Crippen LogP contribution in [0.25, 0.3) is 0 Å². The summed E-state index contributed by atoms with van der Waals surface area (Å²) in [6.45, 7) is 10.7. The molecule has 1 aliphatic heterocycles. The van der Waals surface area contributed by atoms with E-state index in [2.05, 4.69) is 60.3 Å². The van der Waals surface area contributed by atoms with Gasteiger partial charge in [0.2, 0.25) is 0 Å². The SMILES string of the molecule is CC(C)C(CNC1Cc2ccccc2C1)N1CCN(C)CC1. The van der Waals surface area contributed by atoms with Crippen LogP contribution < -0.4 is 5.32 Å². The molecule has 0 radical (unpaired) electrons. The summed E-state index contributed by atoms with van der Waals surface area (Å²) in [6.07, 6.45) is 2.40. The quantitative estimate of drug-likeness (QED) is 0.897. The van der Waals surface area contributed by atoms with Crippen molar-refractivity contribution in [2.75, 3.05) is 39.8 Å². The lowest BCUT2D eigenvalue weighted by atomic mass is 10.0. The van der Waals surface area contributed by atoms with E-state index >= 15 is 0 Å². The number of benzene rings is 1. The maximum absolute atomic E-state index is 3.86. The molecule has 3 rings (SSSR count). The summed E-state index contributed by atoms with van der Waals surface area (Å²) in [5.74, 6) is 0.708. The third-order valence-corrected chi connectivity index (χ3v) is 5.44. The second-order valence-electron chi connectivity index (χ2n) is 7.43. The smallest absolute Gasteiger partial charge is 0.0244 e. The Balaban J connectivity index is 1.53. The van der Waals surface area contributed by atoms with Gasteiger partial charge in [0.05, 0.1) is 0 Å². The topological polar surface area (TPSA) is 18.5 Å². The Morgan fingerprint density at radius 3 is 2.18 bits per heavy atom. The van der Waals surface area contributed by atoms with Crippen LogP contribution in [0.2, 0.25) is 0 Å². The van der Waals surface area contributed by atoms with Crippen LogP contribution in [-0.2, 0) is 12.8 Å². The van der Waals surface area contributed by atoms with Gasteiger partial charge in [0.15, 0.2) is 0 Å². The van der Waals surface area contributed by atoms with Crippen LogP contribution in [-0.4, -0.2) is 61.7 Å². The predicted molar refractivity (Wildman–Crippen MR) is 93.3 cm³/mol. The lowest BCUT2D eigenvalue weighted by molar-refractivity contribution is 0.0862. The second kappa shape index (κ2) is 7.12. The summed E-state index contributed by atoms with van der Waals surface area (Å²) < 4.78 is 0. The van der Waals surface area contributed by atoms with Crippen molar-refractivity contribution < 1.29 is 0 Å². The zero-order chi connectivity index (χ0) is 15.5. The third-order valence-electron chi connectivity index (χ3n) is 5.44. The first kappa shape index (κ1) is 16.0. The number of nitrogens with one attached hydrogen (secondary N) is 1. The van der Waals surface area contributed by atoms with Gasteiger partial charge in [-0.3, -0.25) is 4.90 Å². The molecule has 1 atom stereocenters. The number of likely N-dealkylation sites (N-methyl/N-ethyl adjacent to an activating group) is 1. The molecule has 1 aromatic carbocycles. The average Bonchev–Trinajstić information content (AvgIpc) is 2.91. The van der Waals surface area contributed by atoms with Gasteiger partial charge < -0.3 is 10.2 Å². The molecule has 1 aliphatic carbocycles. The second-order valence-corrected chi connectivity index (χ2v) is 7.43. The van der Waals surface area contributed by atoms with E-state index in [9.17, 15) is 0 Å². The molecule has 1 unspecified atom stereocenters. The summed E-state index contributed by atoms with van der Waals surface area (Å²) in [5.41, 5.74) is 3.08. The van der Waals surface area contributed by atoms with Crippen LogP contribution in [0, 0.1) is 5.92 Å². The Bertz CT molecular complexity index is 452. The molecule has 0 amide bonds. The van der Waals surface area contributed by atoms with E-state index in [0.29, 0.717) is 18.0 Å². The van der Waals surface area contributed by atoms with Crippen molar-refractivity contribution in [2.45, 2.75) is 38.8 Å². The van der Waals surface area contributed by atoms with Gasteiger partial charge in [0.1, 0.15) is 0 Å². The van der Waals surface area contributed by atoms with E-state index in [1.54, 1.807) is 11.1 Å². The molecule has 0 spiro atoms. The molecule has 0 aromatic heterocycles. The van der Waals surface area contributed by atoms with Crippen LogP contribution in [0.4, 0.5) is 0 Å². The lowest BCUT2D eigenvalue weighted by Gasteiger charge is -2.40. The molecule has 1 saturated heterocycles. The third kappa shape index (κ3) is 3.70. The van der Waals surface area contributed by atoms with Gasteiger partial charge >= 0.3 is 0 Å². The van der Waals surface area contributed by atoms with Gasteiger partial charge in [-0.2, -0.15) is 0 Å². The first-order chi connectivity index (χ1) is 10.6. The highest BCUT2D eigenvalue weighted by molar-refractivity contribution is 5.33. The maximum Gasteiger partial charge on any atom is 0.0244 e. The van der Waals surface area contributed by atoms with Crippen molar-refractivity contribution in [3.63, 3.8) is 0 Å². The molecule has 122 valence electrons. The minimum Gasteiger partial charge on any atom is -0.312 e. The molecular weight excluding hydrogens is 270 g/mol. The van der Waals surface area contributed by atoms with Gasteiger partial charge in [-0.1, -0.05) is 38.1 Å². The molecule has 0 bridgehead atoms. The highest BCUT2D eigenvalue weighted by atomic mass is 15.3. The number of piperazine rings is 1. The summed E-state index contributed by atoms with van der Waals surface area (Å²) in [4.78, 5) is 5.13. The summed E-state index contributed by atoms with van der Waals surface area (Å²) in [6, 6.07) is 10.2. The van der Waals surface area contributed by atoms with Crippen molar-refractivity contribution >= 4 is 0 Å². The van der Waals surface area contributed by atoms with Crippen molar-refractivity contribution in [1.82, 2.24) is 15.1 Å². The fourth-order valence-corrected chi connectivity index (χ4v) is 3.93. The lowest BCUT2D eigenvalue weighted by Crippen LogP contribution is -2.54. The monoisotopic (exact) mass is 301 g/mol. The van der Waals surface area contributed by atoms with E-state index in [0.717, 1.165) is 6.54 Å². The van der Waals surface area contributed by atoms with Crippen LogP contribution in [0.3, 0.4) is 0 Å². The maximum atomic E-state index is 3.86. The van der Waals surface area contributed by atoms with Crippen LogP contribution in [0.1, 0.15) is 25.0 Å². The molecule has 3 heteroatoms. The fourth-order valence-electron chi connectivity index (χ4n) is 3.93. The molecular formula is C19H31N3. The zero-order valence-electron chi connectivity index (χ0n) is 14.4. The summed E-state index contributed by atoms with van der Waals surface area (Å²) >= 11 is 0. The largest absolute Gasteiger partial charge is 0.312 e. The Labute approximate surface area is 135 Å². The number of rotatable bonds is 5. The summed E-state index contributed by atoms with van der Waals surface area (Å²) in [7, 11) is 2.23. The van der Waals surface area contributed by atoms with Crippen LogP contribution >= 0.6 is 0 Å². The van der Waals surface area contributed by atoms with E-state index in [1.165, 1.54) is 39.0 Å².